The molecule has 0 spiro atoms. The van der Waals surface area contributed by atoms with Crippen LogP contribution in [0.4, 0.5) is 0 Å². The van der Waals surface area contributed by atoms with Gasteiger partial charge in [0.05, 0.1) is 0 Å². The lowest BCUT2D eigenvalue weighted by atomic mass is 9.78. The van der Waals surface area contributed by atoms with Gasteiger partial charge in [-0.05, 0) is 83.3 Å². The van der Waals surface area contributed by atoms with Gasteiger partial charge in [-0.15, -0.1) is 0 Å². The smallest absolute Gasteiger partial charge is 0.0202 e. The summed E-state index contributed by atoms with van der Waals surface area (Å²) in [5, 5.41) is 6.13. The Bertz CT molecular complexity index is 1100. The molecule has 0 saturated heterocycles. The second-order valence-corrected chi connectivity index (χ2v) is 8.09. The highest BCUT2D eigenvalue weighted by Gasteiger charge is 2.21. The van der Waals surface area contributed by atoms with Crippen molar-refractivity contribution in [1.29, 1.82) is 0 Å². The minimum atomic E-state index is 0.919. The number of nitrogens with one attached hydrogen (secondary N) is 1. The minimum absolute atomic E-state index is 0.919. The van der Waals surface area contributed by atoms with Crippen LogP contribution >= 0.6 is 0 Å². The van der Waals surface area contributed by atoms with Crippen molar-refractivity contribution in [3.63, 3.8) is 0 Å². The predicted octanol–water partition coefficient (Wildman–Crippen LogP) is 6.20. The van der Waals surface area contributed by atoms with E-state index in [9.17, 15) is 0 Å². The second kappa shape index (κ2) is 7.41. The number of benzene rings is 3. The van der Waals surface area contributed by atoms with E-state index in [4.69, 9.17) is 0 Å². The first-order chi connectivity index (χ1) is 13.8. The summed E-state index contributed by atoms with van der Waals surface area (Å²) in [6.07, 6.45) is 10.5. The minimum Gasteiger partial charge on any atom is -0.316 e. The Morgan fingerprint density at radius 1 is 0.893 bits per heavy atom. The first-order valence-corrected chi connectivity index (χ1v) is 10.5. The molecule has 0 aromatic heterocycles. The summed E-state index contributed by atoms with van der Waals surface area (Å²) >= 11 is 0. The molecular weight excluding hydrogens is 338 g/mol. The van der Waals surface area contributed by atoms with Gasteiger partial charge in [-0.2, -0.15) is 0 Å². The first-order valence-electron chi connectivity index (χ1n) is 10.5. The fraction of sp³-hybridized carbons (Fsp3) is 0.259. The summed E-state index contributed by atoms with van der Waals surface area (Å²) in [6.45, 7) is 0.919. The lowest BCUT2D eigenvalue weighted by Gasteiger charge is -2.26. The van der Waals surface area contributed by atoms with Crippen LogP contribution in [0, 0.1) is 0 Å². The molecule has 0 atom stereocenters. The highest BCUT2D eigenvalue weighted by atomic mass is 14.8. The highest BCUT2D eigenvalue weighted by Crippen LogP contribution is 2.41. The van der Waals surface area contributed by atoms with Gasteiger partial charge in [0.25, 0.3) is 0 Å². The number of rotatable bonds is 4. The van der Waals surface area contributed by atoms with Gasteiger partial charge in [0.15, 0.2) is 0 Å². The van der Waals surface area contributed by atoms with Crippen LogP contribution in [-0.2, 0) is 19.4 Å². The summed E-state index contributed by atoms with van der Waals surface area (Å²) in [5.74, 6) is 0. The topological polar surface area (TPSA) is 12.0 Å². The molecule has 28 heavy (non-hydrogen) atoms. The van der Waals surface area contributed by atoms with Crippen molar-refractivity contribution in [2.75, 3.05) is 7.05 Å². The molecule has 0 unspecified atom stereocenters. The van der Waals surface area contributed by atoms with Crippen LogP contribution in [0.15, 0.2) is 72.3 Å². The molecule has 0 fully saturated rings. The summed E-state index contributed by atoms with van der Waals surface area (Å²) in [4.78, 5) is 0. The molecule has 0 saturated carbocycles. The van der Waals surface area contributed by atoms with E-state index in [1.54, 1.807) is 11.1 Å². The first kappa shape index (κ1) is 17.5. The Kier molecular flexibility index (Phi) is 4.62. The molecule has 0 aliphatic heterocycles. The van der Waals surface area contributed by atoms with Crippen LogP contribution in [0.2, 0.25) is 0 Å². The lowest BCUT2D eigenvalue weighted by molar-refractivity contribution is 0.816. The number of hydrogen-bond acceptors (Lipinski definition) is 1. The standard InChI is InChI=1S/C27H27N/c1-28-18-20-7-4-6-19(16-20)17-23-10-5-9-22-13-14-25-24-11-3-2-8-21(24)12-15-26(25)27(22)23/h3-7,9-11,13-14,16,28H,2,8,12,15,17-18H2,1H3. The monoisotopic (exact) mass is 365 g/mol. The van der Waals surface area contributed by atoms with E-state index in [0.29, 0.717) is 0 Å². The van der Waals surface area contributed by atoms with Crippen molar-refractivity contribution in [2.45, 2.75) is 38.6 Å². The van der Waals surface area contributed by atoms with E-state index in [0.717, 1.165) is 13.0 Å². The molecule has 0 heterocycles. The Morgan fingerprint density at radius 3 is 2.71 bits per heavy atom. The summed E-state index contributed by atoms with van der Waals surface area (Å²) in [5.41, 5.74) is 10.4. The van der Waals surface area contributed by atoms with Crippen LogP contribution in [0.5, 0.6) is 0 Å². The van der Waals surface area contributed by atoms with E-state index < -0.39 is 0 Å². The highest BCUT2D eigenvalue weighted by molar-refractivity contribution is 5.96. The lowest BCUT2D eigenvalue weighted by Crippen LogP contribution is -2.08. The molecule has 2 aliphatic rings. The molecule has 2 aliphatic carbocycles. The van der Waals surface area contributed by atoms with Crippen molar-refractivity contribution in [3.05, 3.63) is 100 Å². The second-order valence-electron chi connectivity index (χ2n) is 8.09. The fourth-order valence-corrected chi connectivity index (χ4v) is 5.00. The van der Waals surface area contributed by atoms with Crippen molar-refractivity contribution in [3.8, 4) is 0 Å². The van der Waals surface area contributed by atoms with E-state index >= 15 is 0 Å². The maximum atomic E-state index is 3.26. The molecule has 5 rings (SSSR count). The summed E-state index contributed by atoms with van der Waals surface area (Å²) in [7, 11) is 2.01. The van der Waals surface area contributed by atoms with Gasteiger partial charge in [0, 0.05) is 6.54 Å². The average Bonchev–Trinajstić information content (AvgIpc) is 2.74. The van der Waals surface area contributed by atoms with Gasteiger partial charge in [-0.3, -0.25) is 0 Å². The van der Waals surface area contributed by atoms with Crippen molar-refractivity contribution < 1.29 is 0 Å². The number of aryl methyl sites for hydroxylation is 1. The van der Waals surface area contributed by atoms with E-state index in [1.165, 1.54) is 64.3 Å². The molecule has 3 aromatic carbocycles. The van der Waals surface area contributed by atoms with Gasteiger partial charge in [0.1, 0.15) is 0 Å². The predicted molar refractivity (Wildman–Crippen MR) is 120 cm³/mol. The van der Waals surface area contributed by atoms with Crippen LogP contribution in [0.25, 0.3) is 16.3 Å². The molecule has 140 valence electrons. The van der Waals surface area contributed by atoms with Gasteiger partial charge >= 0.3 is 0 Å². The molecule has 3 aromatic rings. The van der Waals surface area contributed by atoms with Crippen molar-refractivity contribution in [2.24, 2.45) is 0 Å². The van der Waals surface area contributed by atoms with Crippen molar-refractivity contribution in [1.82, 2.24) is 5.32 Å². The fourth-order valence-electron chi connectivity index (χ4n) is 5.00. The van der Waals surface area contributed by atoms with Crippen LogP contribution in [0.3, 0.4) is 0 Å². The summed E-state index contributed by atoms with van der Waals surface area (Å²) in [6, 6.07) is 20.5. The maximum absolute atomic E-state index is 3.26. The Hall–Kier alpha value is -2.64. The zero-order valence-corrected chi connectivity index (χ0v) is 16.6. The van der Waals surface area contributed by atoms with E-state index in [-0.39, 0.29) is 0 Å². The van der Waals surface area contributed by atoms with Crippen molar-refractivity contribution >= 4 is 16.3 Å². The van der Waals surface area contributed by atoms with Crippen LogP contribution in [-0.4, -0.2) is 7.05 Å². The Morgan fingerprint density at radius 2 is 1.79 bits per heavy atom. The van der Waals surface area contributed by atoms with Gasteiger partial charge in [-0.25, -0.2) is 0 Å². The third kappa shape index (κ3) is 3.10. The molecule has 0 amide bonds. The largest absolute Gasteiger partial charge is 0.316 e. The maximum Gasteiger partial charge on any atom is 0.0202 e. The Balaban J connectivity index is 1.62. The molecule has 1 nitrogen and oxygen atoms in total. The van der Waals surface area contributed by atoms with E-state index in [1.807, 2.05) is 7.05 Å². The molecule has 1 heteroatoms. The zero-order valence-electron chi connectivity index (χ0n) is 16.6. The number of allylic oxidation sites excluding steroid dienone is 4. The Labute approximate surface area is 167 Å². The molecular formula is C27H27N. The van der Waals surface area contributed by atoms with Gasteiger partial charge in [0.2, 0.25) is 0 Å². The third-order valence-electron chi connectivity index (χ3n) is 6.25. The molecule has 1 N–H and O–H groups in total. The number of fused-ring (bicyclic) bond motifs is 4. The SMILES string of the molecule is CNCc1cccc(Cc2cccc3ccc4c(c23)CCC2=C4C=CCC2)c1. The van der Waals surface area contributed by atoms with Gasteiger partial charge in [-0.1, -0.05) is 72.3 Å². The number of hydrogen-bond donors (Lipinski definition) is 1. The third-order valence-corrected chi connectivity index (χ3v) is 6.25. The summed E-state index contributed by atoms with van der Waals surface area (Å²) < 4.78 is 0. The van der Waals surface area contributed by atoms with Crippen LogP contribution in [0.1, 0.15) is 47.1 Å². The average molecular weight is 366 g/mol. The van der Waals surface area contributed by atoms with Crippen LogP contribution < -0.4 is 5.32 Å². The quantitative estimate of drug-likeness (QED) is 0.580. The zero-order chi connectivity index (χ0) is 18.9. The molecule has 0 radical (unpaired) electrons. The van der Waals surface area contributed by atoms with Gasteiger partial charge < -0.3 is 5.32 Å². The van der Waals surface area contributed by atoms with E-state index in [2.05, 4.69) is 72.1 Å². The normalized spacial score (nSPS) is 15.6. The molecule has 0 bridgehead atoms.